The zero-order valence-corrected chi connectivity index (χ0v) is 10.4. The SMILES string of the molecule is Cc1ccc(-c2cccc(C)c2C)[n+](C)c1. The molecule has 0 atom stereocenters. The van der Waals surface area contributed by atoms with Crippen LogP contribution in [0.1, 0.15) is 16.7 Å². The largest absolute Gasteiger partial charge is 0.212 e. The van der Waals surface area contributed by atoms with Gasteiger partial charge in [0.1, 0.15) is 7.05 Å². The number of pyridine rings is 1. The molecule has 82 valence electrons. The molecule has 0 aliphatic heterocycles. The maximum atomic E-state index is 2.19. The van der Waals surface area contributed by atoms with Crippen molar-refractivity contribution in [1.82, 2.24) is 0 Å². The normalized spacial score (nSPS) is 10.5. The van der Waals surface area contributed by atoms with Crippen LogP contribution in [0, 0.1) is 20.8 Å². The van der Waals surface area contributed by atoms with Gasteiger partial charge in [-0.05, 0) is 44.0 Å². The van der Waals surface area contributed by atoms with E-state index in [0.29, 0.717) is 0 Å². The van der Waals surface area contributed by atoms with Gasteiger partial charge in [-0.1, -0.05) is 12.1 Å². The lowest BCUT2D eigenvalue weighted by atomic mass is 10.00. The van der Waals surface area contributed by atoms with Crippen LogP contribution in [-0.4, -0.2) is 0 Å². The van der Waals surface area contributed by atoms with Crippen molar-refractivity contribution in [3.05, 3.63) is 53.2 Å². The van der Waals surface area contributed by atoms with Crippen molar-refractivity contribution in [3.63, 3.8) is 0 Å². The molecule has 0 bridgehead atoms. The average Bonchev–Trinajstić information content (AvgIpc) is 2.23. The van der Waals surface area contributed by atoms with Gasteiger partial charge in [-0.15, -0.1) is 0 Å². The molecule has 0 spiro atoms. The first-order chi connectivity index (χ1) is 7.59. The maximum absolute atomic E-state index is 2.19. The van der Waals surface area contributed by atoms with E-state index in [9.17, 15) is 0 Å². The van der Waals surface area contributed by atoms with Crippen LogP contribution in [-0.2, 0) is 7.05 Å². The summed E-state index contributed by atoms with van der Waals surface area (Å²) >= 11 is 0. The van der Waals surface area contributed by atoms with Gasteiger partial charge in [0, 0.05) is 17.2 Å². The summed E-state index contributed by atoms with van der Waals surface area (Å²) < 4.78 is 2.19. The van der Waals surface area contributed by atoms with E-state index in [1.807, 2.05) is 0 Å². The minimum atomic E-state index is 1.27. The van der Waals surface area contributed by atoms with Crippen LogP contribution in [0.4, 0.5) is 0 Å². The molecule has 0 saturated heterocycles. The monoisotopic (exact) mass is 212 g/mol. The minimum absolute atomic E-state index is 1.27. The molecule has 1 heterocycles. The molecule has 0 radical (unpaired) electrons. The van der Waals surface area contributed by atoms with E-state index >= 15 is 0 Å². The number of hydrogen-bond acceptors (Lipinski definition) is 0. The average molecular weight is 212 g/mol. The van der Waals surface area contributed by atoms with Crippen LogP contribution in [0.15, 0.2) is 36.5 Å². The number of nitrogens with zero attached hydrogens (tertiary/aromatic N) is 1. The summed E-state index contributed by atoms with van der Waals surface area (Å²) in [5.74, 6) is 0. The smallest absolute Gasteiger partial charge is 0.201 e. The number of rotatable bonds is 1. The topological polar surface area (TPSA) is 3.88 Å². The molecule has 1 aromatic carbocycles. The summed E-state index contributed by atoms with van der Waals surface area (Å²) in [6.07, 6.45) is 2.16. The van der Waals surface area contributed by atoms with Crippen LogP contribution >= 0.6 is 0 Å². The molecular weight excluding hydrogens is 194 g/mol. The van der Waals surface area contributed by atoms with E-state index in [1.54, 1.807) is 0 Å². The predicted octanol–water partition coefficient (Wildman–Crippen LogP) is 3.10. The Kier molecular flexibility index (Phi) is 2.78. The summed E-state index contributed by atoms with van der Waals surface area (Å²) in [5.41, 5.74) is 6.59. The Morgan fingerprint density at radius 1 is 0.938 bits per heavy atom. The molecule has 1 aromatic heterocycles. The highest BCUT2D eigenvalue weighted by atomic mass is 14.9. The molecule has 16 heavy (non-hydrogen) atoms. The molecular formula is C15H18N+. The molecule has 0 amide bonds. The second kappa shape index (κ2) is 4.09. The van der Waals surface area contributed by atoms with Crippen LogP contribution in [0.3, 0.4) is 0 Å². The molecule has 0 aliphatic rings. The zero-order valence-electron chi connectivity index (χ0n) is 10.4. The fourth-order valence-electron chi connectivity index (χ4n) is 2.05. The maximum Gasteiger partial charge on any atom is 0.212 e. The Hall–Kier alpha value is -1.63. The quantitative estimate of drug-likeness (QED) is 0.639. The van der Waals surface area contributed by atoms with E-state index < -0.39 is 0 Å². The summed E-state index contributed by atoms with van der Waals surface area (Å²) in [4.78, 5) is 0. The molecule has 1 nitrogen and oxygen atoms in total. The molecule has 0 unspecified atom stereocenters. The molecule has 2 rings (SSSR count). The third-order valence-electron chi connectivity index (χ3n) is 3.16. The Balaban J connectivity index is 2.63. The van der Waals surface area contributed by atoms with Crippen LogP contribution < -0.4 is 4.57 Å². The highest BCUT2D eigenvalue weighted by Gasteiger charge is 2.12. The van der Waals surface area contributed by atoms with Gasteiger partial charge in [-0.25, -0.2) is 4.57 Å². The first-order valence-electron chi connectivity index (χ1n) is 5.62. The number of benzene rings is 1. The fourth-order valence-corrected chi connectivity index (χ4v) is 2.05. The first kappa shape index (κ1) is 10.9. The molecule has 0 aliphatic carbocycles. The lowest BCUT2D eigenvalue weighted by molar-refractivity contribution is -0.660. The standard InChI is InChI=1S/C15H18N/c1-11-8-9-15(16(4)10-11)14-7-5-6-12(2)13(14)3/h5-10H,1-4H3/q+1. The van der Waals surface area contributed by atoms with Crippen LogP contribution in [0.25, 0.3) is 11.3 Å². The molecule has 0 fully saturated rings. The summed E-state index contributed by atoms with van der Waals surface area (Å²) in [6, 6.07) is 10.8. The van der Waals surface area contributed by atoms with Crippen LogP contribution in [0.5, 0.6) is 0 Å². The Morgan fingerprint density at radius 2 is 1.69 bits per heavy atom. The lowest BCUT2D eigenvalue weighted by Gasteiger charge is -2.07. The van der Waals surface area contributed by atoms with Gasteiger partial charge >= 0.3 is 0 Å². The van der Waals surface area contributed by atoms with Crippen LogP contribution in [0.2, 0.25) is 0 Å². The van der Waals surface area contributed by atoms with E-state index in [4.69, 9.17) is 0 Å². The third-order valence-corrected chi connectivity index (χ3v) is 3.16. The molecule has 1 heteroatoms. The van der Waals surface area contributed by atoms with E-state index in [1.165, 1.54) is 27.9 Å². The molecule has 2 aromatic rings. The van der Waals surface area contributed by atoms with Gasteiger partial charge in [0.05, 0.1) is 0 Å². The number of aryl methyl sites for hydroxylation is 3. The van der Waals surface area contributed by atoms with E-state index in [0.717, 1.165) is 0 Å². The fraction of sp³-hybridized carbons (Fsp3) is 0.267. The Bertz CT molecular complexity index is 527. The highest BCUT2D eigenvalue weighted by molar-refractivity contribution is 5.62. The van der Waals surface area contributed by atoms with Crippen molar-refractivity contribution >= 4 is 0 Å². The van der Waals surface area contributed by atoms with Gasteiger partial charge in [-0.2, -0.15) is 0 Å². The van der Waals surface area contributed by atoms with Crippen molar-refractivity contribution < 1.29 is 4.57 Å². The zero-order chi connectivity index (χ0) is 11.7. The van der Waals surface area contributed by atoms with E-state index in [2.05, 4.69) is 68.9 Å². The Labute approximate surface area is 97.4 Å². The minimum Gasteiger partial charge on any atom is -0.201 e. The van der Waals surface area contributed by atoms with Crippen molar-refractivity contribution in [2.75, 3.05) is 0 Å². The van der Waals surface area contributed by atoms with Crippen molar-refractivity contribution in [2.45, 2.75) is 20.8 Å². The van der Waals surface area contributed by atoms with Gasteiger partial charge in [0.25, 0.3) is 0 Å². The highest BCUT2D eigenvalue weighted by Crippen LogP contribution is 2.22. The number of aromatic nitrogens is 1. The summed E-state index contributed by atoms with van der Waals surface area (Å²) in [5, 5.41) is 0. The summed E-state index contributed by atoms with van der Waals surface area (Å²) in [7, 11) is 2.10. The Morgan fingerprint density at radius 3 is 2.38 bits per heavy atom. The van der Waals surface area contributed by atoms with Gasteiger partial charge < -0.3 is 0 Å². The van der Waals surface area contributed by atoms with Gasteiger partial charge in [-0.3, -0.25) is 0 Å². The number of hydrogen-bond donors (Lipinski definition) is 0. The second-order valence-electron chi connectivity index (χ2n) is 4.45. The molecule has 0 N–H and O–H groups in total. The summed E-state index contributed by atoms with van der Waals surface area (Å²) in [6.45, 7) is 6.46. The van der Waals surface area contributed by atoms with Crippen molar-refractivity contribution in [1.29, 1.82) is 0 Å². The first-order valence-corrected chi connectivity index (χ1v) is 5.62. The van der Waals surface area contributed by atoms with Crippen molar-refractivity contribution in [2.24, 2.45) is 7.05 Å². The third kappa shape index (κ3) is 1.85. The van der Waals surface area contributed by atoms with E-state index in [-0.39, 0.29) is 0 Å². The van der Waals surface area contributed by atoms with Gasteiger partial charge in [0.15, 0.2) is 6.20 Å². The second-order valence-corrected chi connectivity index (χ2v) is 4.45. The van der Waals surface area contributed by atoms with Gasteiger partial charge in [0.2, 0.25) is 5.69 Å². The lowest BCUT2D eigenvalue weighted by Crippen LogP contribution is -2.31. The van der Waals surface area contributed by atoms with Crippen molar-refractivity contribution in [3.8, 4) is 11.3 Å². The predicted molar refractivity (Wildman–Crippen MR) is 67.3 cm³/mol. The molecule has 0 saturated carbocycles.